The second-order valence-electron chi connectivity index (χ2n) is 7.25. The Balaban J connectivity index is 1.36. The Hall–Kier alpha value is -3.59. The third-order valence-electron chi connectivity index (χ3n) is 5.06. The van der Waals surface area contributed by atoms with Crippen LogP contribution in [0.3, 0.4) is 0 Å². The van der Waals surface area contributed by atoms with Gasteiger partial charge in [0.05, 0.1) is 17.4 Å². The van der Waals surface area contributed by atoms with Crippen molar-refractivity contribution >= 4 is 17.3 Å². The summed E-state index contributed by atoms with van der Waals surface area (Å²) in [6.07, 6.45) is 1.63. The molecule has 1 unspecified atom stereocenters. The van der Waals surface area contributed by atoms with E-state index in [4.69, 9.17) is 4.52 Å². The van der Waals surface area contributed by atoms with E-state index in [2.05, 4.69) is 20.4 Å². The van der Waals surface area contributed by atoms with Crippen LogP contribution < -0.4 is 5.32 Å². The van der Waals surface area contributed by atoms with Crippen molar-refractivity contribution in [2.45, 2.75) is 19.4 Å². The molecule has 3 aromatic rings. The minimum atomic E-state index is -0.480. The quantitative estimate of drug-likeness (QED) is 0.491. The number of benzene rings is 2. The number of nitro benzene ring substituents is 1. The summed E-state index contributed by atoms with van der Waals surface area (Å²) >= 11 is 0. The number of non-ortho nitro benzene ring substituents is 1. The predicted octanol–water partition coefficient (Wildman–Crippen LogP) is 3.50. The first kappa shape index (κ1) is 19.7. The van der Waals surface area contributed by atoms with Crippen molar-refractivity contribution in [2.75, 3.05) is 18.4 Å². The molecule has 0 spiro atoms. The largest absolute Gasteiger partial charge is 0.338 e. The van der Waals surface area contributed by atoms with E-state index in [1.165, 1.54) is 12.1 Å². The Bertz CT molecular complexity index is 1040. The Morgan fingerprint density at radius 2 is 2.07 bits per heavy atom. The number of aromatic nitrogens is 2. The number of carbonyl (C=O) groups excluding carboxylic acids is 1. The fraction of sp³-hybridized carbons (Fsp3) is 0.286. The molecule has 1 aliphatic heterocycles. The molecule has 4 rings (SSSR count). The van der Waals surface area contributed by atoms with Gasteiger partial charge in [0.25, 0.3) is 5.69 Å². The van der Waals surface area contributed by atoms with Gasteiger partial charge in [0.2, 0.25) is 17.6 Å². The van der Waals surface area contributed by atoms with Crippen LogP contribution in [0.4, 0.5) is 11.4 Å². The molecule has 30 heavy (non-hydrogen) atoms. The van der Waals surface area contributed by atoms with Gasteiger partial charge < -0.3 is 9.84 Å². The number of anilines is 1. The molecule has 1 aliphatic rings. The molecule has 0 aliphatic carbocycles. The molecule has 1 atom stereocenters. The Kier molecular flexibility index (Phi) is 5.80. The average Bonchev–Trinajstić information content (AvgIpc) is 3.23. The van der Waals surface area contributed by atoms with Crippen molar-refractivity contribution in [3.63, 3.8) is 0 Å². The lowest BCUT2D eigenvalue weighted by Gasteiger charge is -2.30. The molecule has 9 nitrogen and oxygen atoms in total. The highest BCUT2D eigenvalue weighted by atomic mass is 16.6. The first-order valence-corrected chi connectivity index (χ1v) is 9.74. The number of carbonyl (C=O) groups is 1. The van der Waals surface area contributed by atoms with Crippen LogP contribution in [0, 0.1) is 16.0 Å². The van der Waals surface area contributed by atoms with E-state index in [1.54, 1.807) is 12.1 Å². The number of hydrogen-bond donors (Lipinski definition) is 1. The van der Waals surface area contributed by atoms with Crippen LogP contribution in [0.1, 0.15) is 18.7 Å². The summed E-state index contributed by atoms with van der Waals surface area (Å²) in [4.78, 5) is 29.7. The maximum Gasteiger partial charge on any atom is 0.271 e. The van der Waals surface area contributed by atoms with Crippen molar-refractivity contribution in [3.8, 4) is 11.4 Å². The Morgan fingerprint density at radius 3 is 2.87 bits per heavy atom. The van der Waals surface area contributed by atoms with E-state index < -0.39 is 4.92 Å². The highest BCUT2D eigenvalue weighted by Gasteiger charge is 2.27. The minimum absolute atomic E-state index is 0.0521. The maximum atomic E-state index is 12.7. The van der Waals surface area contributed by atoms with Crippen LogP contribution in [0.25, 0.3) is 11.4 Å². The monoisotopic (exact) mass is 407 g/mol. The van der Waals surface area contributed by atoms with Gasteiger partial charge in [-0.2, -0.15) is 4.98 Å². The zero-order valence-corrected chi connectivity index (χ0v) is 16.2. The van der Waals surface area contributed by atoms with Crippen LogP contribution in [0.2, 0.25) is 0 Å². The standard InChI is InChI=1S/C21H21N5O4/c27-21(22-17-9-4-10-18(12-17)26(28)29)16-8-5-11-25(13-16)14-19-23-20(24-30-19)15-6-2-1-3-7-15/h1-4,6-7,9-10,12,16H,5,8,11,13-14H2,(H,22,27). The topological polar surface area (TPSA) is 114 Å². The van der Waals surface area contributed by atoms with E-state index >= 15 is 0 Å². The molecule has 1 amide bonds. The number of nitrogens with one attached hydrogen (secondary N) is 1. The second-order valence-corrected chi connectivity index (χ2v) is 7.25. The van der Waals surface area contributed by atoms with Crippen LogP contribution in [-0.4, -0.2) is 39.0 Å². The molecule has 1 aromatic heterocycles. The highest BCUT2D eigenvalue weighted by molar-refractivity contribution is 5.93. The summed E-state index contributed by atoms with van der Waals surface area (Å²) in [6.45, 7) is 1.87. The van der Waals surface area contributed by atoms with Gasteiger partial charge >= 0.3 is 0 Å². The maximum absolute atomic E-state index is 12.7. The third kappa shape index (κ3) is 4.69. The predicted molar refractivity (Wildman–Crippen MR) is 109 cm³/mol. The fourth-order valence-electron chi connectivity index (χ4n) is 3.57. The Labute approximate surface area is 172 Å². The first-order valence-electron chi connectivity index (χ1n) is 9.74. The van der Waals surface area contributed by atoms with E-state index in [-0.39, 0.29) is 17.5 Å². The van der Waals surface area contributed by atoms with Crippen molar-refractivity contribution in [1.82, 2.24) is 15.0 Å². The zero-order chi connectivity index (χ0) is 20.9. The summed E-state index contributed by atoms with van der Waals surface area (Å²) < 4.78 is 5.38. The lowest BCUT2D eigenvalue weighted by atomic mass is 9.97. The van der Waals surface area contributed by atoms with E-state index in [9.17, 15) is 14.9 Å². The molecule has 1 saturated heterocycles. The van der Waals surface area contributed by atoms with Gasteiger partial charge in [-0.25, -0.2) is 0 Å². The van der Waals surface area contributed by atoms with Gasteiger partial charge in [0, 0.05) is 29.9 Å². The number of amides is 1. The molecule has 1 fully saturated rings. The number of hydrogen-bond acceptors (Lipinski definition) is 7. The first-order chi connectivity index (χ1) is 14.6. The zero-order valence-electron chi connectivity index (χ0n) is 16.2. The van der Waals surface area contributed by atoms with Crippen molar-refractivity contribution in [1.29, 1.82) is 0 Å². The molecule has 154 valence electrons. The molecule has 0 bridgehead atoms. The van der Waals surface area contributed by atoms with E-state index in [1.807, 2.05) is 30.3 Å². The summed E-state index contributed by atoms with van der Waals surface area (Å²) in [6, 6.07) is 15.6. The lowest BCUT2D eigenvalue weighted by Crippen LogP contribution is -2.40. The third-order valence-corrected chi connectivity index (χ3v) is 5.06. The summed E-state index contributed by atoms with van der Waals surface area (Å²) in [5.41, 5.74) is 1.26. The average molecular weight is 407 g/mol. The van der Waals surface area contributed by atoms with Gasteiger partial charge in [-0.15, -0.1) is 0 Å². The van der Waals surface area contributed by atoms with Crippen molar-refractivity contribution in [2.24, 2.45) is 5.92 Å². The van der Waals surface area contributed by atoms with Gasteiger partial charge in [-0.05, 0) is 25.5 Å². The van der Waals surface area contributed by atoms with Gasteiger partial charge in [0.1, 0.15) is 0 Å². The van der Waals surface area contributed by atoms with Gasteiger partial charge in [0.15, 0.2) is 0 Å². The van der Waals surface area contributed by atoms with Gasteiger partial charge in [-0.1, -0.05) is 41.6 Å². The Morgan fingerprint density at radius 1 is 1.23 bits per heavy atom. The minimum Gasteiger partial charge on any atom is -0.338 e. The van der Waals surface area contributed by atoms with Crippen molar-refractivity contribution < 1.29 is 14.2 Å². The number of likely N-dealkylation sites (tertiary alicyclic amines) is 1. The van der Waals surface area contributed by atoms with Crippen LogP contribution in [0.15, 0.2) is 59.1 Å². The van der Waals surface area contributed by atoms with E-state index in [0.29, 0.717) is 30.5 Å². The SMILES string of the molecule is O=C(Nc1cccc([N+](=O)[O-])c1)C1CCCN(Cc2nc(-c3ccccc3)no2)C1. The van der Waals surface area contributed by atoms with Gasteiger partial charge in [-0.3, -0.25) is 19.8 Å². The number of piperidine rings is 1. The number of nitrogens with zero attached hydrogens (tertiary/aromatic N) is 4. The van der Waals surface area contributed by atoms with Crippen molar-refractivity contribution in [3.05, 3.63) is 70.6 Å². The second kappa shape index (κ2) is 8.83. The van der Waals surface area contributed by atoms with Crippen LogP contribution >= 0.6 is 0 Å². The lowest BCUT2D eigenvalue weighted by molar-refractivity contribution is -0.384. The molecule has 2 aromatic carbocycles. The summed E-state index contributed by atoms with van der Waals surface area (Å²) in [5.74, 6) is 0.696. The molecule has 9 heteroatoms. The van der Waals surface area contributed by atoms with Crippen LogP contribution in [0.5, 0.6) is 0 Å². The highest BCUT2D eigenvalue weighted by Crippen LogP contribution is 2.23. The number of rotatable bonds is 6. The summed E-state index contributed by atoms with van der Waals surface area (Å²) in [5, 5.41) is 17.7. The molecule has 0 radical (unpaired) electrons. The molecule has 2 heterocycles. The summed E-state index contributed by atoms with van der Waals surface area (Å²) in [7, 11) is 0. The molecule has 1 N–H and O–H groups in total. The van der Waals surface area contributed by atoms with E-state index in [0.717, 1.165) is 24.9 Å². The van der Waals surface area contributed by atoms with Crippen LogP contribution in [-0.2, 0) is 11.3 Å². The number of nitro groups is 1. The smallest absolute Gasteiger partial charge is 0.271 e. The normalized spacial score (nSPS) is 16.9. The fourth-order valence-corrected chi connectivity index (χ4v) is 3.57. The molecular formula is C21H21N5O4. The molecule has 0 saturated carbocycles. The molecular weight excluding hydrogens is 386 g/mol.